The molecule has 27 heavy (non-hydrogen) atoms. The summed E-state index contributed by atoms with van der Waals surface area (Å²) in [6, 6.07) is 7.19. The van der Waals surface area contributed by atoms with Gasteiger partial charge in [-0.25, -0.2) is 4.79 Å². The predicted octanol–water partition coefficient (Wildman–Crippen LogP) is 4.61. The number of thiophene rings is 1. The van der Waals surface area contributed by atoms with Crippen molar-refractivity contribution in [2.45, 2.75) is 19.3 Å². The van der Waals surface area contributed by atoms with Crippen LogP contribution in [0, 0.1) is 11.3 Å². The van der Waals surface area contributed by atoms with Crippen molar-refractivity contribution < 1.29 is 14.3 Å². The molecule has 1 aliphatic carbocycles. The molecule has 3 rings (SSSR count). The molecule has 1 aromatic carbocycles. The van der Waals surface area contributed by atoms with Gasteiger partial charge >= 0.3 is 5.97 Å². The fourth-order valence-corrected chi connectivity index (χ4v) is 4.39. The Bertz CT molecular complexity index is 976. The van der Waals surface area contributed by atoms with Gasteiger partial charge in [0.2, 0.25) is 0 Å². The van der Waals surface area contributed by atoms with Crippen LogP contribution < -0.4 is 5.32 Å². The first-order chi connectivity index (χ1) is 13.0. The van der Waals surface area contributed by atoms with E-state index in [0.717, 1.165) is 29.7 Å². The zero-order valence-electron chi connectivity index (χ0n) is 14.1. The van der Waals surface area contributed by atoms with Crippen LogP contribution in [0.15, 0.2) is 24.3 Å². The van der Waals surface area contributed by atoms with E-state index in [1.165, 1.54) is 23.5 Å². The Morgan fingerprint density at radius 1 is 1.33 bits per heavy atom. The van der Waals surface area contributed by atoms with E-state index >= 15 is 0 Å². The Morgan fingerprint density at radius 3 is 2.93 bits per heavy atom. The van der Waals surface area contributed by atoms with Gasteiger partial charge in [-0.05, 0) is 42.5 Å². The van der Waals surface area contributed by atoms with Crippen molar-refractivity contribution in [1.29, 1.82) is 5.26 Å². The maximum absolute atomic E-state index is 12.0. The smallest absolute Gasteiger partial charge is 0.331 e. The minimum absolute atomic E-state index is 0.329. The van der Waals surface area contributed by atoms with Gasteiger partial charge in [-0.1, -0.05) is 35.3 Å². The molecular weight excluding hydrogens is 407 g/mol. The minimum Gasteiger partial charge on any atom is -0.452 e. The van der Waals surface area contributed by atoms with E-state index in [1.807, 2.05) is 0 Å². The van der Waals surface area contributed by atoms with Crippen LogP contribution in [0.5, 0.6) is 0 Å². The second-order valence-electron chi connectivity index (χ2n) is 5.81. The molecule has 5 nitrogen and oxygen atoms in total. The summed E-state index contributed by atoms with van der Waals surface area (Å²) in [6.45, 7) is -0.445. The Hall–Kier alpha value is -2.33. The van der Waals surface area contributed by atoms with Gasteiger partial charge in [-0.2, -0.15) is 5.26 Å². The number of hydrogen-bond donors (Lipinski definition) is 1. The number of nitrogens with one attached hydrogen (secondary N) is 1. The summed E-state index contributed by atoms with van der Waals surface area (Å²) < 4.78 is 4.93. The number of anilines is 1. The summed E-state index contributed by atoms with van der Waals surface area (Å²) in [5.41, 5.74) is 2.11. The van der Waals surface area contributed by atoms with Crippen molar-refractivity contribution in [2.75, 3.05) is 11.9 Å². The highest BCUT2D eigenvalue weighted by atomic mass is 35.5. The van der Waals surface area contributed by atoms with E-state index in [4.69, 9.17) is 27.9 Å². The number of nitrogens with zero attached hydrogens (tertiary/aromatic N) is 1. The van der Waals surface area contributed by atoms with Crippen molar-refractivity contribution in [3.63, 3.8) is 0 Å². The molecule has 0 saturated heterocycles. The molecule has 1 heterocycles. The zero-order chi connectivity index (χ0) is 19.4. The molecule has 1 aliphatic rings. The van der Waals surface area contributed by atoms with Crippen LogP contribution in [-0.4, -0.2) is 18.5 Å². The van der Waals surface area contributed by atoms with E-state index in [-0.39, 0.29) is 0 Å². The molecule has 138 valence electrons. The average Bonchev–Trinajstić information content (AvgIpc) is 3.21. The Morgan fingerprint density at radius 2 is 2.15 bits per heavy atom. The lowest BCUT2D eigenvalue weighted by Gasteiger charge is -2.04. The number of halogens is 2. The fraction of sp³-hybridized carbons (Fsp3) is 0.211. The molecule has 1 aromatic heterocycles. The normalized spacial score (nSPS) is 12.6. The highest BCUT2D eigenvalue weighted by molar-refractivity contribution is 7.16. The molecule has 0 spiro atoms. The number of carbonyl (C=O) groups is 2. The number of benzene rings is 1. The number of amides is 1. The second-order valence-corrected chi connectivity index (χ2v) is 7.70. The van der Waals surface area contributed by atoms with Crippen molar-refractivity contribution in [3.8, 4) is 6.07 Å². The quantitative estimate of drug-likeness (QED) is 0.565. The monoisotopic (exact) mass is 420 g/mol. The van der Waals surface area contributed by atoms with Crippen LogP contribution in [-0.2, 0) is 27.2 Å². The lowest BCUT2D eigenvalue weighted by Crippen LogP contribution is -2.20. The number of carbonyl (C=O) groups excluding carboxylic acids is 2. The SMILES string of the molecule is N#Cc1c(NC(=O)COC(=O)/C=C/c2cccc(Cl)c2Cl)sc2c1CCC2. The Labute approximate surface area is 170 Å². The van der Waals surface area contributed by atoms with Gasteiger partial charge in [0.1, 0.15) is 11.1 Å². The molecule has 0 saturated carbocycles. The number of fused-ring (bicyclic) bond motifs is 1. The van der Waals surface area contributed by atoms with Crippen LogP contribution >= 0.6 is 34.5 Å². The Kier molecular flexibility index (Phi) is 6.17. The topological polar surface area (TPSA) is 79.2 Å². The molecule has 0 aliphatic heterocycles. The van der Waals surface area contributed by atoms with E-state index in [0.29, 0.717) is 26.2 Å². The lowest BCUT2D eigenvalue weighted by molar-refractivity contribution is -0.142. The minimum atomic E-state index is -0.685. The summed E-state index contributed by atoms with van der Waals surface area (Å²) in [6.07, 6.45) is 5.45. The molecule has 0 atom stereocenters. The van der Waals surface area contributed by atoms with Gasteiger partial charge < -0.3 is 10.1 Å². The van der Waals surface area contributed by atoms with Crippen LogP contribution in [0.2, 0.25) is 10.0 Å². The maximum atomic E-state index is 12.0. The number of esters is 1. The van der Waals surface area contributed by atoms with Crippen LogP contribution in [0.4, 0.5) is 5.00 Å². The summed E-state index contributed by atoms with van der Waals surface area (Å²) in [4.78, 5) is 25.0. The third kappa shape index (κ3) is 4.51. The van der Waals surface area contributed by atoms with Gasteiger partial charge in [-0.3, -0.25) is 4.79 Å². The van der Waals surface area contributed by atoms with Crippen LogP contribution in [0.25, 0.3) is 6.08 Å². The number of aryl methyl sites for hydroxylation is 1. The van der Waals surface area contributed by atoms with Crippen molar-refractivity contribution in [3.05, 3.63) is 55.9 Å². The summed E-state index contributed by atoms with van der Waals surface area (Å²) in [5, 5.41) is 13.2. The van der Waals surface area contributed by atoms with Crippen LogP contribution in [0.3, 0.4) is 0 Å². The second kappa shape index (κ2) is 8.57. The van der Waals surface area contributed by atoms with E-state index < -0.39 is 18.5 Å². The standard InChI is InChI=1S/C19H14Cl2N2O3S/c20-14-5-1-3-11(18(14)21)7-8-17(25)26-10-16(24)23-19-13(9-22)12-4-2-6-15(12)27-19/h1,3,5,7-8H,2,4,6,10H2,(H,23,24)/b8-7+. The third-order valence-corrected chi connectivity index (χ3v) is 6.05. The van der Waals surface area contributed by atoms with Gasteiger partial charge in [0.05, 0.1) is 15.6 Å². The highest BCUT2D eigenvalue weighted by Crippen LogP contribution is 2.38. The first-order valence-corrected chi connectivity index (χ1v) is 9.70. The van der Waals surface area contributed by atoms with E-state index in [2.05, 4.69) is 11.4 Å². The van der Waals surface area contributed by atoms with Crippen molar-refractivity contribution in [1.82, 2.24) is 0 Å². The molecule has 0 bridgehead atoms. The average molecular weight is 421 g/mol. The molecule has 0 fully saturated rings. The number of nitriles is 1. The first-order valence-electron chi connectivity index (χ1n) is 8.13. The molecular formula is C19H14Cl2N2O3S. The maximum Gasteiger partial charge on any atom is 0.331 e. The number of hydrogen-bond acceptors (Lipinski definition) is 5. The fourth-order valence-electron chi connectivity index (χ4n) is 2.77. The van der Waals surface area contributed by atoms with E-state index in [1.54, 1.807) is 18.2 Å². The lowest BCUT2D eigenvalue weighted by atomic mass is 10.1. The molecule has 0 radical (unpaired) electrons. The highest BCUT2D eigenvalue weighted by Gasteiger charge is 2.23. The summed E-state index contributed by atoms with van der Waals surface area (Å²) >= 11 is 13.3. The number of rotatable bonds is 5. The third-order valence-electron chi connectivity index (χ3n) is 4.01. The van der Waals surface area contributed by atoms with Gasteiger partial charge in [-0.15, -0.1) is 11.3 Å². The van der Waals surface area contributed by atoms with Gasteiger partial charge in [0, 0.05) is 11.0 Å². The van der Waals surface area contributed by atoms with Crippen molar-refractivity contribution >= 4 is 57.5 Å². The molecule has 2 aromatic rings. The summed E-state index contributed by atoms with van der Waals surface area (Å²) in [7, 11) is 0. The zero-order valence-corrected chi connectivity index (χ0v) is 16.4. The molecule has 0 unspecified atom stereocenters. The van der Waals surface area contributed by atoms with E-state index in [9.17, 15) is 14.9 Å². The predicted molar refractivity (Wildman–Crippen MR) is 106 cm³/mol. The number of ether oxygens (including phenoxy) is 1. The first kappa shape index (κ1) is 19.4. The van der Waals surface area contributed by atoms with Gasteiger partial charge in [0.15, 0.2) is 6.61 Å². The molecule has 8 heteroatoms. The van der Waals surface area contributed by atoms with Crippen molar-refractivity contribution in [2.24, 2.45) is 0 Å². The summed E-state index contributed by atoms with van der Waals surface area (Å²) in [5.74, 6) is -1.18. The van der Waals surface area contributed by atoms with Gasteiger partial charge in [0.25, 0.3) is 5.91 Å². The molecule has 1 N–H and O–H groups in total. The molecule has 1 amide bonds. The Balaban J connectivity index is 1.55. The van der Waals surface area contributed by atoms with Crippen LogP contribution in [0.1, 0.15) is 28.0 Å². The largest absolute Gasteiger partial charge is 0.452 e.